The van der Waals surface area contributed by atoms with E-state index in [2.05, 4.69) is 23.1 Å². The van der Waals surface area contributed by atoms with Crippen molar-refractivity contribution in [2.45, 2.75) is 31.3 Å². The van der Waals surface area contributed by atoms with E-state index in [4.69, 9.17) is 31.9 Å². The third kappa shape index (κ3) is 5.93. The Morgan fingerprint density at radius 2 is 1.91 bits per heavy atom. The number of halogens is 1. The average molecular weight is 539 g/mol. The Kier molecular flexibility index (Phi) is 6.96. The fraction of sp³-hybridized carbons (Fsp3) is 0.500. The van der Waals surface area contributed by atoms with Crippen LogP contribution in [0.2, 0.25) is 5.28 Å². The van der Waals surface area contributed by atoms with Crippen molar-refractivity contribution in [3.05, 3.63) is 17.5 Å². The van der Waals surface area contributed by atoms with Gasteiger partial charge < -0.3 is 39.7 Å². The first-order chi connectivity index (χ1) is 14.5. The average Bonchev–Trinajstić information content (AvgIpc) is 3.12. The summed E-state index contributed by atoms with van der Waals surface area (Å²) in [6.07, 6.45) is -0.576. The van der Waals surface area contributed by atoms with Gasteiger partial charge >= 0.3 is 23.5 Å². The highest BCUT2D eigenvalue weighted by molar-refractivity contribution is 7.66. The van der Waals surface area contributed by atoms with Crippen molar-refractivity contribution in [3.63, 3.8) is 0 Å². The first kappa shape index (κ1) is 25.7. The number of nitrogens with two attached hydrogens (primary N) is 1. The van der Waals surface area contributed by atoms with Crippen LogP contribution < -0.4 is 5.73 Å². The van der Waals surface area contributed by atoms with Crippen molar-refractivity contribution in [1.29, 1.82) is 0 Å². The van der Waals surface area contributed by atoms with Crippen molar-refractivity contribution < 1.29 is 56.3 Å². The van der Waals surface area contributed by atoms with Crippen LogP contribution in [0.15, 0.2) is 12.3 Å². The zero-order valence-corrected chi connectivity index (χ0v) is 19.4. The molecule has 0 saturated carbocycles. The number of nitrogen functional groups attached to an aromatic ring is 1. The second-order valence-corrected chi connectivity index (χ2v) is 11.6. The molecular weight excluding hydrogens is 521 g/mol. The van der Waals surface area contributed by atoms with E-state index in [0.29, 0.717) is 11.0 Å². The molecule has 1 saturated heterocycles. The number of aliphatic hydroxyl groups is 1. The van der Waals surface area contributed by atoms with Crippen LogP contribution in [0, 0.1) is 0 Å². The first-order valence-corrected chi connectivity index (χ1v) is 13.3. The third-order valence-electron chi connectivity index (χ3n) is 4.35. The SMILES string of the molecule is CC1(COP(=O)(O)OP(=O)(O)OP(=O)(O)O)OC(n2ccc3c(N)nc(Cl)nc32)CC1O. The summed E-state index contributed by atoms with van der Waals surface area (Å²) in [5.74, 6) is 0.118. The number of phosphoric ester groups is 1. The minimum atomic E-state index is -5.67. The first-order valence-electron chi connectivity index (χ1n) is 8.44. The lowest BCUT2D eigenvalue weighted by Crippen LogP contribution is -2.40. The van der Waals surface area contributed by atoms with Crippen molar-refractivity contribution in [2.24, 2.45) is 0 Å². The fourth-order valence-corrected chi connectivity index (χ4v) is 6.24. The van der Waals surface area contributed by atoms with Crippen LogP contribution in [0.3, 0.4) is 0 Å². The Morgan fingerprint density at radius 1 is 1.25 bits per heavy atom. The van der Waals surface area contributed by atoms with Gasteiger partial charge in [-0.3, -0.25) is 4.52 Å². The Hall–Kier alpha value is -0.960. The number of anilines is 1. The van der Waals surface area contributed by atoms with Gasteiger partial charge in [0.1, 0.15) is 23.3 Å². The summed E-state index contributed by atoms with van der Waals surface area (Å²) in [5, 5.41) is 10.8. The van der Waals surface area contributed by atoms with Crippen LogP contribution in [0.1, 0.15) is 19.6 Å². The van der Waals surface area contributed by atoms with E-state index in [1.54, 1.807) is 12.3 Å². The van der Waals surface area contributed by atoms with E-state index >= 15 is 0 Å². The topological polar surface area (TPSA) is 246 Å². The minimum absolute atomic E-state index is 0.0262. The van der Waals surface area contributed by atoms with E-state index in [1.165, 1.54) is 11.5 Å². The predicted molar refractivity (Wildman–Crippen MR) is 106 cm³/mol. The molecule has 2 aromatic rings. The standard InChI is InChI=1S/C12H18ClN4O12P3/c1-12(5-26-31(22,23)29-32(24,25)28-30(19,20)21)7(18)4-8(27-12)17-3-2-6-9(14)15-11(13)16-10(6)17/h2-3,7-8,18H,4-5H2,1H3,(H,22,23)(H,24,25)(H2,14,15,16)(H2,19,20,21). The molecule has 20 heteroatoms. The molecule has 3 heterocycles. The van der Waals surface area contributed by atoms with Crippen LogP contribution in [0.5, 0.6) is 0 Å². The molecule has 5 atom stereocenters. The molecule has 2 aromatic heterocycles. The van der Waals surface area contributed by atoms with E-state index in [9.17, 15) is 28.6 Å². The fourth-order valence-electron chi connectivity index (χ4n) is 2.95. The highest BCUT2D eigenvalue weighted by atomic mass is 35.5. The quantitative estimate of drug-likeness (QED) is 0.203. The number of aliphatic hydroxyl groups excluding tert-OH is 1. The summed E-state index contributed by atoms with van der Waals surface area (Å²) in [7, 11) is -16.6. The molecule has 180 valence electrons. The van der Waals surface area contributed by atoms with Crippen LogP contribution in [-0.4, -0.2) is 57.5 Å². The van der Waals surface area contributed by atoms with E-state index in [-0.39, 0.29) is 17.5 Å². The molecule has 0 spiro atoms. The van der Waals surface area contributed by atoms with Crippen LogP contribution >= 0.6 is 35.1 Å². The van der Waals surface area contributed by atoms with Crippen molar-refractivity contribution >= 4 is 51.9 Å². The molecule has 1 fully saturated rings. The Labute approximate surface area is 184 Å². The summed E-state index contributed by atoms with van der Waals surface area (Å²) in [6, 6.07) is 1.60. The maximum absolute atomic E-state index is 11.9. The normalized spacial score (nSPS) is 28.0. The maximum atomic E-state index is 11.9. The Balaban J connectivity index is 1.73. The number of nitrogens with zero attached hydrogens (tertiary/aromatic N) is 3. The molecule has 0 amide bonds. The second kappa shape index (κ2) is 8.67. The summed E-state index contributed by atoms with van der Waals surface area (Å²) in [6.45, 7) is 0.496. The third-order valence-corrected chi connectivity index (χ3v) is 8.30. The van der Waals surface area contributed by atoms with Crippen molar-refractivity contribution in [2.75, 3.05) is 12.3 Å². The Bertz CT molecular complexity index is 1170. The predicted octanol–water partition coefficient (Wildman–Crippen LogP) is 1.05. The molecular formula is C12H18ClN4O12P3. The zero-order chi connectivity index (χ0) is 24.1. The highest BCUT2D eigenvalue weighted by Crippen LogP contribution is 2.66. The van der Waals surface area contributed by atoms with Gasteiger partial charge in [0, 0.05) is 12.6 Å². The molecule has 7 N–H and O–H groups in total. The van der Waals surface area contributed by atoms with Gasteiger partial charge in [-0.05, 0) is 24.6 Å². The highest BCUT2D eigenvalue weighted by Gasteiger charge is 2.48. The molecule has 1 aliphatic rings. The number of fused-ring (bicyclic) bond motifs is 1. The molecule has 3 rings (SSSR count). The second-order valence-electron chi connectivity index (χ2n) is 6.84. The number of hydrogen-bond donors (Lipinski definition) is 6. The molecule has 16 nitrogen and oxygen atoms in total. The van der Waals surface area contributed by atoms with Crippen LogP contribution in [0.25, 0.3) is 11.0 Å². The number of hydrogen-bond acceptors (Lipinski definition) is 11. The lowest BCUT2D eigenvalue weighted by Gasteiger charge is -2.28. The van der Waals surface area contributed by atoms with Gasteiger partial charge in [0.25, 0.3) is 0 Å². The van der Waals surface area contributed by atoms with Gasteiger partial charge in [0.05, 0.1) is 18.1 Å². The lowest BCUT2D eigenvalue weighted by molar-refractivity contribution is -0.112. The summed E-state index contributed by atoms with van der Waals surface area (Å²) in [4.78, 5) is 43.8. The minimum Gasteiger partial charge on any atom is -0.390 e. The number of rotatable bonds is 8. The summed E-state index contributed by atoms with van der Waals surface area (Å²) in [5.41, 5.74) is 4.49. The molecule has 0 aromatic carbocycles. The van der Waals surface area contributed by atoms with Gasteiger partial charge in [-0.1, -0.05) is 0 Å². The molecule has 0 aliphatic carbocycles. The number of ether oxygens (including phenoxy) is 1. The molecule has 5 unspecified atom stereocenters. The summed E-state index contributed by atoms with van der Waals surface area (Å²) < 4.78 is 53.2. The smallest absolute Gasteiger partial charge is 0.390 e. The van der Waals surface area contributed by atoms with Gasteiger partial charge in [0.15, 0.2) is 0 Å². The van der Waals surface area contributed by atoms with Gasteiger partial charge in [-0.2, -0.15) is 13.6 Å². The van der Waals surface area contributed by atoms with Gasteiger partial charge in [0.2, 0.25) is 5.28 Å². The molecule has 32 heavy (non-hydrogen) atoms. The largest absolute Gasteiger partial charge is 0.490 e. The van der Waals surface area contributed by atoms with Crippen molar-refractivity contribution in [3.8, 4) is 0 Å². The monoisotopic (exact) mass is 538 g/mol. The summed E-state index contributed by atoms with van der Waals surface area (Å²) >= 11 is 5.84. The molecule has 0 radical (unpaired) electrons. The van der Waals surface area contributed by atoms with Gasteiger partial charge in [-0.15, -0.1) is 0 Å². The molecule has 0 bridgehead atoms. The van der Waals surface area contributed by atoms with Gasteiger partial charge in [-0.25, -0.2) is 18.7 Å². The number of aromatic nitrogens is 3. The van der Waals surface area contributed by atoms with Crippen LogP contribution in [-0.2, 0) is 31.6 Å². The van der Waals surface area contributed by atoms with E-state index in [0.717, 1.165) is 0 Å². The lowest BCUT2D eigenvalue weighted by atomic mass is 10.0. The van der Waals surface area contributed by atoms with Crippen LogP contribution in [0.4, 0.5) is 5.82 Å². The van der Waals surface area contributed by atoms with E-state index < -0.39 is 48.0 Å². The Morgan fingerprint density at radius 3 is 2.53 bits per heavy atom. The maximum Gasteiger partial charge on any atom is 0.490 e. The van der Waals surface area contributed by atoms with Crippen molar-refractivity contribution in [1.82, 2.24) is 14.5 Å². The molecule has 1 aliphatic heterocycles. The van der Waals surface area contributed by atoms with E-state index in [1.807, 2.05) is 0 Å². The number of phosphoric acid groups is 3. The zero-order valence-electron chi connectivity index (χ0n) is 16.0.